The Kier molecular flexibility index (Phi) is 6.76. The summed E-state index contributed by atoms with van der Waals surface area (Å²) in [4.78, 5) is 14.4. The summed E-state index contributed by atoms with van der Waals surface area (Å²) < 4.78 is 5.32. The molecule has 2 heterocycles. The number of hydrogen-bond donors (Lipinski definition) is 3. The molecule has 1 saturated heterocycles. The van der Waals surface area contributed by atoms with Crippen molar-refractivity contribution < 1.29 is 9.53 Å². The second-order valence-corrected chi connectivity index (χ2v) is 6.58. The highest BCUT2D eigenvalue weighted by atomic mass is 16.5. The lowest BCUT2D eigenvalue weighted by Gasteiger charge is -2.26. The minimum atomic E-state index is 0.0515. The van der Waals surface area contributed by atoms with Crippen molar-refractivity contribution in [2.45, 2.75) is 26.4 Å². The molecule has 0 aliphatic carbocycles. The Morgan fingerprint density at radius 3 is 2.92 bits per heavy atom. The highest BCUT2D eigenvalue weighted by Gasteiger charge is 2.12. The molecule has 1 amide bonds. The Morgan fingerprint density at radius 1 is 1.31 bits per heavy atom. The maximum absolute atomic E-state index is 12.2. The molecule has 1 aromatic carbocycles. The molecule has 1 fully saturated rings. The average Bonchev–Trinajstić information content (AvgIpc) is 3.06. The number of carbonyl (C=O) groups is 1. The van der Waals surface area contributed by atoms with Gasteiger partial charge in [-0.25, -0.2) is 0 Å². The fourth-order valence-corrected chi connectivity index (χ4v) is 2.96. The molecule has 0 saturated carbocycles. The Labute approximate surface area is 154 Å². The molecular weight excluding hydrogens is 330 g/mol. The molecule has 0 radical (unpaired) electrons. The number of aromatic amines is 1. The molecule has 0 bridgehead atoms. The van der Waals surface area contributed by atoms with Gasteiger partial charge >= 0.3 is 0 Å². The lowest BCUT2D eigenvalue weighted by atomic mass is 10.2. The molecule has 1 aromatic heterocycles. The molecule has 7 nitrogen and oxygen atoms in total. The Morgan fingerprint density at radius 2 is 2.15 bits per heavy atom. The second-order valence-electron chi connectivity index (χ2n) is 6.58. The quantitative estimate of drug-likeness (QED) is 0.669. The third-order valence-electron chi connectivity index (χ3n) is 4.55. The number of nitrogens with one attached hydrogen (secondary N) is 3. The van der Waals surface area contributed by atoms with E-state index in [9.17, 15) is 4.79 Å². The van der Waals surface area contributed by atoms with Crippen molar-refractivity contribution >= 4 is 11.6 Å². The number of nitrogens with zero attached hydrogens (tertiary/aromatic N) is 2. The van der Waals surface area contributed by atoms with Crippen LogP contribution in [-0.2, 0) is 22.6 Å². The molecule has 140 valence electrons. The van der Waals surface area contributed by atoms with Gasteiger partial charge in [0.25, 0.3) is 0 Å². The minimum absolute atomic E-state index is 0.0515. The summed E-state index contributed by atoms with van der Waals surface area (Å²) in [7, 11) is 0. The number of morpholine rings is 1. The molecule has 0 unspecified atom stereocenters. The van der Waals surface area contributed by atoms with Crippen LogP contribution in [0.25, 0.3) is 0 Å². The van der Waals surface area contributed by atoms with Crippen LogP contribution >= 0.6 is 0 Å². The van der Waals surface area contributed by atoms with E-state index in [2.05, 4.69) is 31.8 Å². The first kappa shape index (κ1) is 18.6. The van der Waals surface area contributed by atoms with Crippen molar-refractivity contribution in [1.29, 1.82) is 0 Å². The largest absolute Gasteiger partial charge is 0.379 e. The van der Waals surface area contributed by atoms with Gasteiger partial charge in [0.1, 0.15) is 0 Å². The molecule has 2 aromatic rings. The zero-order chi connectivity index (χ0) is 18.2. The van der Waals surface area contributed by atoms with Crippen molar-refractivity contribution in [3.8, 4) is 0 Å². The summed E-state index contributed by atoms with van der Waals surface area (Å²) in [6.07, 6.45) is 2.34. The average molecular weight is 357 g/mol. The zero-order valence-electron chi connectivity index (χ0n) is 15.3. The summed E-state index contributed by atoms with van der Waals surface area (Å²) in [5.41, 5.74) is 4.23. The number of aryl methyl sites for hydroxylation is 1. The molecule has 3 N–H and O–H groups in total. The number of amides is 1. The first-order valence-corrected chi connectivity index (χ1v) is 9.09. The lowest BCUT2D eigenvalue weighted by molar-refractivity contribution is -0.116. The normalized spacial score (nSPS) is 15.1. The second kappa shape index (κ2) is 9.47. The first-order valence-electron chi connectivity index (χ1n) is 9.09. The molecule has 0 atom stereocenters. The van der Waals surface area contributed by atoms with Crippen LogP contribution in [-0.4, -0.2) is 53.9 Å². The van der Waals surface area contributed by atoms with E-state index in [0.29, 0.717) is 6.42 Å². The van der Waals surface area contributed by atoms with Crippen LogP contribution < -0.4 is 10.6 Å². The van der Waals surface area contributed by atoms with E-state index in [0.717, 1.165) is 68.4 Å². The molecule has 1 aliphatic rings. The van der Waals surface area contributed by atoms with Crippen LogP contribution in [0.3, 0.4) is 0 Å². The fourth-order valence-electron chi connectivity index (χ4n) is 2.96. The van der Waals surface area contributed by atoms with Crippen molar-refractivity contribution in [3.05, 3.63) is 47.3 Å². The van der Waals surface area contributed by atoms with Gasteiger partial charge in [0.05, 0.1) is 19.4 Å². The SMILES string of the molecule is Cc1[nH]ncc1CNCc1cccc(NC(=O)CCN2CCOCC2)c1. The number of H-pyrrole nitrogens is 1. The van der Waals surface area contributed by atoms with E-state index < -0.39 is 0 Å². The van der Waals surface area contributed by atoms with Crippen LogP contribution in [0.2, 0.25) is 0 Å². The molecular formula is C19H27N5O2. The topological polar surface area (TPSA) is 82.3 Å². The highest BCUT2D eigenvalue weighted by molar-refractivity contribution is 5.90. The van der Waals surface area contributed by atoms with Gasteiger partial charge in [0.2, 0.25) is 5.91 Å². The van der Waals surface area contributed by atoms with Gasteiger partial charge in [-0.15, -0.1) is 0 Å². The lowest BCUT2D eigenvalue weighted by Crippen LogP contribution is -2.38. The zero-order valence-corrected chi connectivity index (χ0v) is 15.3. The van der Waals surface area contributed by atoms with Gasteiger partial charge < -0.3 is 15.4 Å². The summed E-state index contributed by atoms with van der Waals surface area (Å²) in [6.45, 7) is 7.62. The highest BCUT2D eigenvalue weighted by Crippen LogP contribution is 2.12. The van der Waals surface area contributed by atoms with Crippen molar-refractivity contribution in [3.63, 3.8) is 0 Å². The maximum atomic E-state index is 12.2. The van der Waals surface area contributed by atoms with E-state index in [1.54, 1.807) is 0 Å². The maximum Gasteiger partial charge on any atom is 0.225 e. The van der Waals surface area contributed by atoms with Gasteiger partial charge in [-0.2, -0.15) is 5.10 Å². The minimum Gasteiger partial charge on any atom is -0.379 e. The number of carbonyl (C=O) groups excluding carboxylic acids is 1. The predicted octanol–water partition coefficient (Wildman–Crippen LogP) is 1.67. The summed E-state index contributed by atoms with van der Waals surface area (Å²) in [5.74, 6) is 0.0515. The van der Waals surface area contributed by atoms with Crippen molar-refractivity contribution in [2.75, 3.05) is 38.2 Å². The molecule has 1 aliphatic heterocycles. The standard InChI is InChI=1S/C19H27N5O2/c1-15-17(14-21-23-15)13-20-12-16-3-2-4-18(11-16)22-19(25)5-6-24-7-9-26-10-8-24/h2-4,11,14,20H,5-10,12-13H2,1H3,(H,21,23)(H,22,25). The first-order chi connectivity index (χ1) is 12.7. The molecule has 3 rings (SSSR count). The summed E-state index contributed by atoms with van der Waals surface area (Å²) >= 11 is 0. The molecule has 7 heteroatoms. The summed E-state index contributed by atoms with van der Waals surface area (Å²) in [5, 5.41) is 13.4. The van der Waals surface area contributed by atoms with Gasteiger partial charge in [0.15, 0.2) is 0 Å². The number of rotatable bonds is 8. The Bertz CT molecular complexity index is 709. The predicted molar refractivity (Wildman–Crippen MR) is 101 cm³/mol. The van der Waals surface area contributed by atoms with E-state index in [-0.39, 0.29) is 5.91 Å². The van der Waals surface area contributed by atoms with Crippen LogP contribution in [0.5, 0.6) is 0 Å². The molecule has 26 heavy (non-hydrogen) atoms. The van der Waals surface area contributed by atoms with Gasteiger partial charge in [-0.3, -0.25) is 14.8 Å². The van der Waals surface area contributed by atoms with Crippen LogP contribution in [0, 0.1) is 6.92 Å². The van der Waals surface area contributed by atoms with Crippen LogP contribution in [0.4, 0.5) is 5.69 Å². The van der Waals surface area contributed by atoms with E-state index in [1.165, 1.54) is 0 Å². The van der Waals surface area contributed by atoms with E-state index >= 15 is 0 Å². The Hall–Kier alpha value is -2.22. The Balaban J connectivity index is 1.42. The number of aromatic nitrogens is 2. The third kappa shape index (κ3) is 5.66. The number of hydrogen-bond acceptors (Lipinski definition) is 5. The van der Waals surface area contributed by atoms with Gasteiger partial charge in [0, 0.05) is 56.1 Å². The van der Waals surface area contributed by atoms with E-state index in [1.807, 2.05) is 31.3 Å². The molecule has 0 spiro atoms. The van der Waals surface area contributed by atoms with Crippen molar-refractivity contribution in [2.24, 2.45) is 0 Å². The third-order valence-corrected chi connectivity index (χ3v) is 4.55. The number of anilines is 1. The van der Waals surface area contributed by atoms with Crippen LogP contribution in [0.1, 0.15) is 23.2 Å². The number of ether oxygens (including phenoxy) is 1. The van der Waals surface area contributed by atoms with E-state index in [4.69, 9.17) is 4.74 Å². The number of benzene rings is 1. The van der Waals surface area contributed by atoms with Gasteiger partial charge in [-0.05, 0) is 24.6 Å². The van der Waals surface area contributed by atoms with Crippen molar-refractivity contribution in [1.82, 2.24) is 20.4 Å². The van der Waals surface area contributed by atoms with Gasteiger partial charge in [-0.1, -0.05) is 12.1 Å². The van der Waals surface area contributed by atoms with Crippen LogP contribution in [0.15, 0.2) is 30.5 Å². The smallest absolute Gasteiger partial charge is 0.225 e. The monoisotopic (exact) mass is 357 g/mol. The fraction of sp³-hybridized carbons (Fsp3) is 0.474. The summed E-state index contributed by atoms with van der Waals surface area (Å²) in [6, 6.07) is 7.97.